The van der Waals surface area contributed by atoms with Gasteiger partial charge in [0.05, 0.1) is 48.3 Å². The van der Waals surface area contributed by atoms with E-state index in [1.54, 1.807) is 22.3 Å². The van der Waals surface area contributed by atoms with Crippen LogP contribution in [0.3, 0.4) is 0 Å². The van der Waals surface area contributed by atoms with Crippen molar-refractivity contribution < 1.29 is 0 Å². The van der Waals surface area contributed by atoms with Gasteiger partial charge in [-0.1, -0.05) is 121 Å². The zero-order valence-electron chi connectivity index (χ0n) is 23.0. The molecular weight excluding hydrogens is 494 g/mol. The van der Waals surface area contributed by atoms with Crippen LogP contribution in [-0.4, -0.2) is 25.7 Å². The molecule has 4 aromatic rings. The second kappa shape index (κ2) is 11.1. The van der Waals surface area contributed by atoms with Crippen molar-refractivity contribution in [1.82, 2.24) is 0 Å². The lowest BCUT2D eigenvalue weighted by Crippen LogP contribution is -2.16. The highest BCUT2D eigenvalue weighted by Crippen LogP contribution is 2.87. The Labute approximate surface area is 231 Å². The van der Waals surface area contributed by atoms with Crippen LogP contribution in [0, 0.1) is 0 Å². The Morgan fingerprint density at radius 1 is 0.395 bits per heavy atom. The van der Waals surface area contributed by atoms with Crippen LogP contribution < -0.4 is 0 Å². The predicted octanol–water partition coefficient (Wildman–Crippen LogP) is 10.8. The zero-order chi connectivity index (χ0) is 26.0. The monoisotopic (exact) mass is 536 g/mol. The quantitative estimate of drug-likeness (QED) is 0.206. The molecule has 0 nitrogen and oxygen atoms in total. The highest BCUT2D eigenvalue weighted by Gasteiger charge is 2.59. The van der Waals surface area contributed by atoms with Gasteiger partial charge in [-0.3, -0.25) is 0 Å². The van der Waals surface area contributed by atoms with E-state index in [4.69, 9.17) is 0 Å². The van der Waals surface area contributed by atoms with E-state index in [0.717, 1.165) is 22.6 Å². The third-order valence-corrected chi connectivity index (χ3v) is 20.7. The maximum atomic E-state index is 2.76. The standard InChI is InChI=1S/C36H42P2/c1-37(33(29-15-7-3-8-16-29)23-24-34(37)30-17-9-4-10-18-30)27-28-38(2)35(31-19-11-5-12-20-31)25-26-36(38)32-21-13-6-14-22-32/h3-22,33-36H,23-28H2,1-2H3/q+2/t33-,34+,35-,36+,37?,38?. The Bertz CT molecular complexity index is 1100. The molecule has 38 heavy (non-hydrogen) atoms. The lowest BCUT2D eigenvalue weighted by atomic mass is 10.0. The van der Waals surface area contributed by atoms with Crippen molar-refractivity contribution in [3.05, 3.63) is 144 Å². The number of benzene rings is 4. The van der Waals surface area contributed by atoms with Gasteiger partial charge in [0.25, 0.3) is 0 Å². The third-order valence-electron chi connectivity index (χ3n) is 10.1. The fourth-order valence-electron chi connectivity index (χ4n) is 8.03. The molecule has 0 aliphatic carbocycles. The molecule has 6 atom stereocenters. The Morgan fingerprint density at radius 3 is 0.816 bits per heavy atom. The highest BCUT2D eigenvalue weighted by atomic mass is 31.2. The highest BCUT2D eigenvalue weighted by molar-refractivity contribution is 7.79. The maximum absolute atomic E-state index is 2.76. The van der Waals surface area contributed by atoms with Gasteiger partial charge >= 0.3 is 0 Å². The van der Waals surface area contributed by atoms with Gasteiger partial charge < -0.3 is 0 Å². The van der Waals surface area contributed by atoms with Crippen molar-refractivity contribution in [3.8, 4) is 0 Å². The predicted molar refractivity (Wildman–Crippen MR) is 171 cm³/mol. The summed E-state index contributed by atoms with van der Waals surface area (Å²) in [6, 6.07) is 46.2. The van der Waals surface area contributed by atoms with Gasteiger partial charge in [-0.2, -0.15) is 0 Å². The minimum Gasteiger partial charge on any atom is -0.0622 e. The molecule has 0 bridgehead atoms. The average Bonchev–Trinajstić information content (AvgIpc) is 3.51. The summed E-state index contributed by atoms with van der Waals surface area (Å²) >= 11 is 0. The van der Waals surface area contributed by atoms with Gasteiger partial charge in [-0.25, -0.2) is 0 Å². The van der Waals surface area contributed by atoms with E-state index in [-0.39, 0.29) is 0 Å². The van der Waals surface area contributed by atoms with Gasteiger partial charge in [-0.15, -0.1) is 0 Å². The first-order chi connectivity index (χ1) is 18.6. The van der Waals surface area contributed by atoms with E-state index in [0.29, 0.717) is 0 Å². The third kappa shape index (κ3) is 4.81. The molecule has 2 heterocycles. The van der Waals surface area contributed by atoms with Gasteiger partial charge in [0, 0.05) is 14.5 Å². The van der Waals surface area contributed by atoms with Crippen molar-refractivity contribution >= 4 is 14.5 Å². The maximum Gasteiger partial charge on any atom is 0.0951 e. The number of hydrogen-bond acceptors (Lipinski definition) is 0. The van der Waals surface area contributed by atoms with E-state index in [9.17, 15) is 0 Å². The molecule has 2 aliphatic rings. The minimum atomic E-state index is -1.29. The lowest BCUT2D eigenvalue weighted by molar-refractivity contribution is 0.765. The second-order valence-corrected chi connectivity index (χ2v) is 20.8. The van der Waals surface area contributed by atoms with E-state index in [1.165, 1.54) is 38.0 Å². The lowest BCUT2D eigenvalue weighted by Gasteiger charge is -2.36. The van der Waals surface area contributed by atoms with Gasteiger partial charge in [0.15, 0.2) is 0 Å². The average molecular weight is 537 g/mol. The smallest absolute Gasteiger partial charge is 0.0622 e. The van der Waals surface area contributed by atoms with Crippen LogP contribution in [0.4, 0.5) is 0 Å². The molecule has 0 N–H and O–H groups in total. The molecule has 0 saturated carbocycles. The van der Waals surface area contributed by atoms with Crippen molar-refractivity contribution in [2.75, 3.05) is 25.7 Å². The molecule has 4 aromatic carbocycles. The fraction of sp³-hybridized carbons (Fsp3) is 0.333. The van der Waals surface area contributed by atoms with Crippen LogP contribution in [-0.2, 0) is 0 Å². The molecule has 0 amide bonds. The van der Waals surface area contributed by atoms with Crippen molar-refractivity contribution in [1.29, 1.82) is 0 Å². The summed E-state index contributed by atoms with van der Waals surface area (Å²) in [7, 11) is -2.58. The molecule has 0 radical (unpaired) electrons. The first kappa shape index (κ1) is 26.0. The first-order valence-corrected chi connectivity index (χ1v) is 19.6. The second-order valence-electron chi connectivity index (χ2n) is 12.0. The molecule has 2 aliphatic heterocycles. The topological polar surface area (TPSA) is 0 Å². The van der Waals surface area contributed by atoms with E-state index >= 15 is 0 Å². The fourth-order valence-corrected chi connectivity index (χ4v) is 20.0. The van der Waals surface area contributed by atoms with Crippen molar-refractivity contribution in [2.24, 2.45) is 0 Å². The van der Waals surface area contributed by atoms with Crippen molar-refractivity contribution in [2.45, 2.75) is 48.3 Å². The number of rotatable bonds is 7. The summed E-state index contributed by atoms with van der Waals surface area (Å²) < 4.78 is 0. The molecule has 2 unspecified atom stereocenters. The molecule has 2 fully saturated rings. The van der Waals surface area contributed by atoms with Crippen LogP contribution in [0.25, 0.3) is 0 Å². The van der Waals surface area contributed by atoms with Crippen LogP contribution >= 0.6 is 14.5 Å². The van der Waals surface area contributed by atoms with Gasteiger partial charge in [0.2, 0.25) is 0 Å². The normalized spacial score (nSPS) is 30.9. The Hall–Kier alpha value is -2.26. The van der Waals surface area contributed by atoms with Crippen molar-refractivity contribution in [3.63, 3.8) is 0 Å². The Kier molecular flexibility index (Phi) is 7.58. The largest absolute Gasteiger partial charge is 0.0951 e. The zero-order valence-corrected chi connectivity index (χ0v) is 24.8. The molecule has 2 heteroatoms. The van der Waals surface area contributed by atoms with Crippen LogP contribution in [0.15, 0.2) is 121 Å². The van der Waals surface area contributed by atoms with Crippen LogP contribution in [0.2, 0.25) is 0 Å². The molecule has 0 aromatic heterocycles. The Balaban J connectivity index is 1.38. The Morgan fingerprint density at radius 2 is 0.605 bits per heavy atom. The minimum absolute atomic E-state index is 0.730. The molecule has 6 rings (SSSR count). The van der Waals surface area contributed by atoms with Gasteiger partial charge in [0.1, 0.15) is 0 Å². The summed E-state index contributed by atoms with van der Waals surface area (Å²) in [4.78, 5) is 0. The van der Waals surface area contributed by atoms with E-state index < -0.39 is 14.5 Å². The van der Waals surface area contributed by atoms with Gasteiger partial charge in [-0.05, 0) is 47.9 Å². The molecule has 2 saturated heterocycles. The summed E-state index contributed by atoms with van der Waals surface area (Å²) in [5.41, 5.74) is 9.29. The SMILES string of the molecule is C[P+]1(CC[P+]2(C)[C@@H](c3ccccc3)CC[C@H]2c2ccccc2)[C@@H](c2ccccc2)CC[C@H]1c1ccccc1. The van der Waals surface area contributed by atoms with E-state index in [1.807, 2.05) is 0 Å². The molecular formula is C36H42P2+2. The van der Waals surface area contributed by atoms with Crippen LogP contribution in [0.1, 0.15) is 70.6 Å². The summed E-state index contributed by atoms with van der Waals surface area (Å²) in [6.07, 6.45) is 8.20. The molecule has 0 spiro atoms. The van der Waals surface area contributed by atoms with Crippen LogP contribution in [0.5, 0.6) is 0 Å². The van der Waals surface area contributed by atoms with E-state index in [2.05, 4.69) is 135 Å². The first-order valence-electron chi connectivity index (χ1n) is 14.5. The summed E-state index contributed by atoms with van der Waals surface area (Å²) in [5, 5.41) is 0. The number of hydrogen-bond donors (Lipinski definition) is 0. The molecule has 194 valence electrons. The summed E-state index contributed by atoms with van der Waals surface area (Å²) in [5.74, 6) is 0. The summed E-state index contributed by atoms with van der Waals surface area (Å²) in [6.45, 7) is 5.51.